The monoisotopic (exact) mass is 339 g/mol. The molecule has 6 nitrogen and oxygen atoms in total. The van der Waals surface area contributed by atoms with Crippen LogP contribution in [0.25, 0.3) is 11.4 Å². The van der Waals surface area contributed by atoms with Gasteiger partial charge in [0.2, 0.25) is 5.16 Å². The van der Waals surface area contributed by atoms with E-state index in [1.54, 1.807) is 12.1 Å². The third kappa shape index (κ3) is 3.41. The molecule has 2 N–H and O–H groups in total. The predicted molar refractivity (Wildman–Crippen MR) is 90.7 cm³/mol. The SMILES string of the molecule is Cc1cccc(-c2nnc(SCc3ccc(C(=O)[O-])cc3)n2N)c1. The lowest BCUT2D eigenvalue weighted by atomic mass is 10.1. The maximum absolute atomic E-state index is 10.7. The van der Waals surface area contributed by atoms with Gasteiger partial charge in [-0.2, -0.15) is 0 Å². The number of aromatic carboxylic acids is 1. The second-order valence-corrected chi connectivity index (χ2v) is 6.26. The molecule has 3 aromatic rings. The van der Waals surface area contributed by atoms with E-state index in [1.807, 2.05) is 31.2 Å². The van der Waals surface area contributed by atoms with Crippen molar-refractivity contribution in [1.29, 1.82) is 0 Å². The van der Waals surface area contributed by atoms with Gasteiger partial charge in [0.1, 0.15) is 0 Å². The maximum Gasteiger partial charge on any atom is 0.210 e. The van der Waals surface area contributed by atoms with Gasteiger partial charge in [0.15, 0.2) is 5.82 Å². The van der Waals surface area contributed by atoms with E-state index < -0.39 is 5.97 Å². The van der Waals surface area contributed by atoms with Crippen LogP contribution in [-0.2, 0) is 5.75 Å². The van der Waals surface area contributed by atoms with Crippen LogP contribution in [0.15, 0.2) is 53.7 Å². The third-order valence-electron chi connectivity index (χ3n) is 3.50. The topological polar surface area (TPSA) is 96.9 Å². The Morgan fingerprint density at radius 2 is 1.96 bits per heavy atom. The number of nitrogens with zero attached hydrogens (tertiary/aromatic N) is 3. The average molecular weight is 339 g/mol. The molecule has 0 saturated carbocycles. The molecule has 0 spiro atoms. The van der Waals surface area contributed by atoms with Crippen LogP contribution in [-0.4, -0.2) is 20.8 Å². The van der Waals surface area contributed by atoms with Gasteiger partial charge < -0.3 is 15.7 Å². The second-order valence-electron chi connectivity index (χ2n) is 5.32. The van der Waals surface area contributed by atoms with Crippen molar-refractivity contribution in [2.45, 2.75) is 17.8 Å². The Morgan fingerprint density at radius 3 is 2.62 bits per heavy atom. The zero-order chi connectivity index (χ0) is 17.1. The molecular formula is C17H15N4O2S-. The number of nitrogen functional groups attached to an aromatic ring is 1. The highest BCUT2D eigenvalue weighted by Crippen LogP contribution is 2.24. The summed E-state index contributed by atoms with van der Waals surface area (Å²) in [6.07, 6.45) is 0. The molecule has 0 aliphatic carbocycles. The van der Waals surface area contributed by atoms with E-state index in [-0.39, 0.29) is 5.56 Å². The van der Waals surface area contributed by atoms with Crippen molar-refractivity contribution >= 4 is 17.7 Å². The first-order valence-corrected chi connectivity index (χ1v) is 8.24. The van der Waals surface area contributed by atoms with Crippen LogP contribution < -0.4 is 10.9 Å². The summed E-state index contributed by atoms with van der Waals surface area (Å²) in [7, 11) is 0. The highest BCUT2D eigenvalue weighted by Gasteiger charge is 2.12. The minimum Gasteiger partial charge on any atom is -0.545 e. The quantitative estimate of drug-likeness (QED) is 0.560. The summed E-state index contributed by atoms with van der Waals surface area (Å²) in [6, 6.07) is 14.4. The van der Waals surface area contributed by atoms with Crippen molar-refractivity contribution < 1.29 is 9.90 Å². The van der Waals surface area contributed by atoms with Crippen molar-refractivity contribution in [2.75, 3.05) is 5.84 Å². The Balaban J connectivity index is 1.73. The first-order chi connectivity index (χ1) is 11.5. The number of carbonyl (C=O) groups excluding carboxylic acids is 1. The molecule has 122 valence electrons. The fourth-order valence-corrected chi connectivity index (χ4v) is 3.05. The normalized spacial score (nSPS) is 10.7. The summed E-state index contributed by atoms with van der Waals surface area (Å²) in [4.78, 5) is 10.7. The first kappa shape index (κ1) is 16.1. The van der Waals surface area contributed by atoms with Gasteiger partial charge >= 0.3 is 0 Å². The van der Waals surface area contributed by atoms with Gasteiger partial charge in [0.05, 0.1) is 5.97 Å². The van der Waals surface area contributed by atoms with Crippen molar-refractivity contribution in [3.8, 4) is 11.4 Å². The smallest absolute Gasteiger partial charge is 0.210 e. The van der Waals surface area contributed by atoms with E-state index in [1.165, 1.54) is 28.6 Å². The molecule has 0 amide bonds. The zero-order valence-electron chi connectivity index (χ0n) is 13.0. The van der Waals surface area contributed by atoms with Crippen LogP contribution in [0, 0.1) is 6.92 Å². The summed E-state index contributed by atoms with van der Waals surface area (Å²) >= 11 is 1.44. The van der Waals surface area contributed by atoms with E-state index >= 15 is 0 Å². The summed E-state index contributed by atoms with van der Waals surface area (Å²) in [5.74, 6) is 6.13. The Kier molecular flexibility index (Phi) is 4.52. The minimum atomic E-state index is -1.18. The number of benzene rings is 2. The number of carbonyl (C=O) groups is 1. The first-order valence-electron chi connectivity index (χ1n) is 7.25. The minimum absolute atomic E-state index is 0.160. The lowest BCUT2D eigenvalue weighted by Gasteiger charge is -2.06. The highest BCUT2D eigenvalue weighted by atomic mass is 32.2. The molecule has 0 radical (unpaired) electrons. The van der Waals surface area contributed by atoms with E-state index in [0.29, 0.717) is 16.7 Å². The average Bonchev–Trinajstić information content (AvgIpc) is 2.94. The molecule has 0 fully saturated rings. The van der Waals surface area contributed by atoms with Crippen molar-refractivity contribution in [1.82, 2.24) is 14.9 Å². The number of hydrogen-bond donors (Lipinski definition) is 1. The molecule has 1 aromatic heterocycles. The van der Waals surface area contributed by atoms with Gasteiger partial charge in [-0.1, -0.05) is 59.8 Å². The third-order valence-corrected chi connectivity index (χ3v) is 4.51. The largest absolute Gasteiger partial charge is 0.545 e. The standard InChI is InChI=1S/C17H16N4O2S/c1-11-3-2-4-14(9-11)15-19-20-17(21(15)18)24-10-12-5-7-13(8-6-12)16(22)23/h2-9H,10,18H2,1H3,(H,22,23)/p-1. The summed E-state index contributed by atoms with van der Waals surface area (Å²) in [6.45, 7) is 2.01. The molecule has 7 heteroatoms. The molecule has 0 unspecified atom stereocenters. The van der Waals surface area contributed by atoms with Gasteiger partial charge in [-0.15, -0.1) is 10.2 Å². The van der Waals surface area contributed by atoms with Gasteiger partial charge in [-0.25, -0.2) is 4.68 Å². The lowest BCUT2D eigenvalue weighted by molar-refractivity contribution is -0.255. The van der Waals surface area contributed by atoms with E-state index in [0.717, 1.165) is 16.7 Å². The molecule has 0 aliphatic rings. The molecule has 1 heterocycles. The zero-order valence-corrected chi connectivity index (χ0v) is 13.8. The Hall–Kier alpha value is -2.80. The van der Waals surface area contributed by atoms with Gasteiger partial charge in [0.25, 0.3) is 0 Å². The summed E-state index contributed by atoms with van der Waals surface area (Å²) in [5, 5.41) is 19.6. The predicted octanol–water partition coefficient (Wildman–Crippen LogP) is 1.62. The van der Waals surface area contributed by atoms with Gasteiger partial charge in [0, 0.05) is 11.3 Å². The Bertz CT molecular complexity index is 875. The number of carboxylic acids is 1. The maximum atomic E-state index is 10.7. The van der Waals surface area contributed by atoms with Crippen molar-refractivity contribution in [3.63, 3.8) is 0 Å². The van der Waals surface area contributed by atoms with Gasteiger partial charge in [-0.05, 0) is 24.1 Å². The van der Waals surface area contributed by atoms with Crippen LogP contribution in [0.5, 0.6) is 0 Å². The Morgan fingerprint density at radius 1 is 1.21 bits per heavy atom. The number of nitrogens with two attached hydrogens (primary N) is 1. The molecule has 2 aromatic carbocycles. The van der Waals surface area contributed by atoms with Crippen molar-refractivity contribution in [2.24, 2.45) is 0 Å². The van der Waals surface area contributed by atoms with Crippen LogP contribution in [0.1, 0.15) is 21.5 Å². The second kappa shape index (κ2) is 6.76. The number of aromatic nitrogens is 3. The number of thioether (sulfide) groups is 1. The number of carboxylic acid groups (broad SMARTS) is 1. The molecule has 0 saturated heterocycles. The summed E-state index contributed by atoms with van der Waals surface area (Å²) < 4.78 is 1.47. The Labute approximate surface area is 143 Å². The van der Waals surface area contributed by atoms with Crippen LogP contribution in [0.2, 0.25) is 0 Å². The van der Waals surface area contributed by atoms with Gasteiger partial charge in [-0.3, -0.25) is 0 Å². The molecule has 0 atom stereocenters. The van der Waals surface area contributed by atoms with E-state index in [9.17, 15) is 9.90 Å². The van der Waals surface area contributed by atoms with E-state index in [2.05, 4.69) is 10.2 Å². The summed E-state index contributed by atoms with van der Waals surface area (Å²) in [5.41, 5.74) is 3.16. The highest BCUT2D eigenvalue weighted by molar-refractivity contribution is 7.98. The van der Waals surface area contributed by atoms with E-state index in [4.69, 9.17) is 5.84 Å². The number of rotatable bonds is 5. The molecule has 3 rings (SSSR count). The van der Waals surface area contributed by atoms with Crippen LogP contribution in [0.3, 0.4) is 0 Å². The van der Waals surface area contributed by atoms with Crippen LogP contribution in [0.4, 0.5) is 0 Å². The fourth-order valence-electron chi connectivity index (χ4n) is 2.24. The number of aryl methyl sites for hydroxylation is 1. The molecular weight excluding hydrogens is 324 g/mol. The molecule has 0 aliphatic heterocycles. The molecule has 24 heavy (non-hydrogen) atoms. The molecule has 0 bridgehead atoms. The van der Waals surface area contributed by atoms with Crippen molar-refractivity contribution in [3.05, 3.63) is 65.2 Å². The fraction of sp³-hybridized carbons (Fsp3) is 0.118. The lowest BCUT2D eigenvalue weighted by Crippen LogP contribution is -2.21. The number of hydrogen-bond acceptors (Lipinski definition) is 6. The van der Waals surface area contributed by atoms with Crippen LogP contribution >= 0.6 is 11.8 Å².